The van der Waals surface area contributed by atoms with Crippen LogP contribution in [0.1, 0.15) is 39.2 Å². The molecule has 0 atom stereocenters. The summed E-state index contributed by atoms with van der Waals surface area (Å²) >= 11 is 0. The van der Waals surface area contributed by atoms with Gasteiger partial charge in [-0.1, -0.05) is 32.9 Å². The van der Waals surface area contributed by atoms with E-state index in [1.165, 1.54) is 5.56 Å². The molecule has 1 aliphatic carbocycles. The molecule has 0 heterocycles. The highest BCUT2D eigenvalue weighted by Crippen LogP contribution is 2.34. The lowest BCUT2D eigenvalue weighted by Gasteiger charge is -2.19. The molecule has 2 rings (SSSR count). The number of rotatable bonds is 2. The van der Waals surface area contributed by atoms with Crippen LogP contribution in [-0.4, -0.2) is 13.7 Å². The van der Waals surface area contributed by atoms with Gasteiger partial charge in [-0.15, -0.1) is 0 Å². The molecular weight excluding hydrogens is 220 g/mol. The van der Waals surface area contributed by atoms with E-state index in [0.717, 1.165) is 12.8 Å². The Labute approximate surface area is 97.6 Å². The lowest BCUT2D eigenvalue weighted by Crippen LogP contribution is -2.12. The minimum absolute atomic E-state index is 0.0713. The molecule has 0 aliphatic heterocycles. The van der Waals surface area contributed by atoms with Gasteiger partial charge in [-0.3, -0.25) is 0 Å². The highest BCUT2D eigenvalue weighted by molar-refractivity contribution is 7.92. The number of hydrogen-bond acceptors (Lipinski definition) is 2. The van der Waals surface area contributed by atoms with Gasteiger partial charge >= 0.3 is 0 Å². The summed E-state index contributed by atoms with van der Waals surface area (Å²) in [6.07, 6.45) is 1.65. The van der Waals surface area contributed by atoms with E-state index >= 15 is 0 Å². The van der Waals surface area contributed by atoms with E-state index in [9.17, 15) is 8.42 Å². The van der Waals surface area contributed by atoms with Crippen LogP contribution in [0.5, 0.6) is 0 Å². The number of hydrogen-bond donors (Lipinski definition) is 0. The maximum Gasteiger partial charge on any atom is 0.181 e. The van der Waals surface area contributed by atoms with E-state index in [0.29, 0.717) is 4.90 Å². The molecule has 16 heavy (non-hydrogen) atoms. The second-order valence-corrected chi connectivity index (χ2v) is 7.75. The quantitative estimate of drug-likeness (QED) is 0.794. The van der Waals surface area contributed by atoms with Crippen molar-refractivity contribution in [2.75, 3.05) is 0 Å². The van der Waals surface area contributed by atoms with Crippen molar-refractivity contribution < 1.29 is 8.42 Å². The van der Waals surface area contributed by atoms with Crippen LogP contribution >= 0.6 is 0 Å². The molecule has 3 heteroatoms. The van der Waals surface area contributed by atoms with Crippen molar-refractivity contribution in [2.24, 2.45) is 0 Å². The summed E-state index contributed by atoms with van der Waals surface area (Å²) < 4.78 is 23.9. The van der Waals surface area contributed by atoms with E-state index in [1.54, 1.807) is 12.1 Å². The molecular formula is C13H18O2S. The molecule has 1 aromatic rings. The Morgan fingerprint density at radius 1 is 1.06 bits per heavy atom. The maximum atomic E-state index is 12.0. The molecule has 0 bridgehead atoms. The van der Waals surface area contributed by atoms with Gasteiger partial charge in [0.25, 0.3) is 0 Å². The third kappa shape index (κ3) is 2.14. The summed E-state index contributed by atoms with van der Waals surface area (Å²) in [5.41, 5.74) is 1.24. The number of sulfone groups is 1. The Kier molecular flexibility index (Phi) is 2.61. The van der Waals surface area contributed by atoms with Crippen LogP contribution < -0.4 is 0 Å². The average Bonchev–Trinajstić information content (AvgIpc) is 3.00. The summed E-state index contributed by atoms with van der Waals surface area (Å²) in [6, 6.07) is 7.34. The van der Waals surface area contributed by atoms with Crippen molar-refractivity contribution in [3.05, 3.63) is 29.8 Å². The molecule has 88 valence electrons. The second kappa shape index (κ2) is 3.59. The van der Waals surface area contributed by atoms with Gasteiger partial charge in [0.2, 0.25) is 0 Å². The molecule has 1 aliphatic rings. The Balaban J connectivity index is 2.33. The maximum absolute atomic E-state index is 12.0. The van der Waals surface area contributed by atoms with Gasteiger partial charge < -0.3 is 0 Å². The minimum atomic E-state index is -3.03. The first-order valence-corrected chi connectivity index (χ1v) is 7.21. The standard InChI is InChI=1S/C13H18O2S/c1-13(2,3)10-4-6-11(7-5-10)16(14,15)12-8-9-12/h4-7,12H,8-9H2,1-3H3. The zero-order valence-electron chi connectivity index (χ0n) is 10.0. The van der Waals surface area contributed by atoms with Crippen LogP contribution in [-0.2, 0) is 15.3 Å². The highest BCUT2D eigenvalue weighted by atomic mass is 32.2. The van der Waals surface area contributed by atoms with Gasteiger partial charge in [-0.05, 0) is 36.0 Å². The van der Waals surface area contributed by atoms with Crippen LogP contribution in [0.3, 0.4) is 0 Å². The molecule has 0 saturated heterocycles. The molecule has 0 N–H and O–H groups in total. The van der Waals surface area contributed by atoms with E-state index in [4.69, 9.17) is 0 Å². The van der Waals surface area contributed by atoms with Gasteiger partial charge in [0, 0.05) is 0 Å². The summed E-state index contributed by atoms with van der Waals surface area (Å²) in [4.78, 5) is 0.475. The average molecular weight is 238 g/mol. The van der Waals surface area contributed by atoms with Crippen molar-refractivity contribution in [2.45, 2.75) is 49.2 Å². The summed E-state index contributed by atoms with van der Waals surface area (Å²) in [6.45, 7) is 6.37. The van der Waals surface area contributed by atoms with Crippen molar-refractivity contribution >= 4 is 9.84 Å². The topological polar surface area (TPSA) is 34.1 Å². The zero-order valence-corrected chi connectivity index (χ0v) is 10.8. The molecule has 0 spiro atoms. The van der Waals surface area contributed by atoms with Crippen molar-refractivity contribution in [3.8, 4) is 0 Å². The van der Waals surface area contributed by atoms with Crippen LogP contribution in [0, 0.1) is 0 Å². The molecule has 0 radical (unpaired) electrons. The SMILES string of the molecule is CC(C)(C)c1ccc(S(=O)(=O)C2CC2)cc1. The Hall–Kier alpha value is -0.830. The van der Waals surface area contributed by atoms with E-state index < -0.39 is 9.84 Å². The third-order valence-corrected chi connectivity index (χ3v) is 5.29. The largest absolute Gasteiger partial charge is 0.223 e. The van der Waals surface area contributed by atoms with Crippen LogP contribution in [0.25, 0.3) is 0 Å². The Morgan fingerprint density at radius 3 is 1.94 bits per heavy atom. The van der Waals surface area contributed by atoms with E-state index in [2.05, 4.69) is 20.8 Å². The Morgan fingerprint density at radius 2 is 1.56 bits per heavy atom. The lowest BCUT2D eigenvalue weighted by molar-refractivity contribution is 0.586. The lowest BCUT2D eigenvalue weighted by atomic mass is 9.87. The Bertz CT molecular complexity index is 474. The van der Waals surface area contributed by atoms with Crippen LogP contribution in [0.2, 0.25) is 0 Å². The highest BCUT2D eigenvalue weighted by Gasteiger charge is 2.36. The second-order valence-electron chi connectivity index (χ2n) is 5.52. The molecule has 0 aromatic heterocycles. The fourth-order valence-electron chi connectivity index (χ4n) is 1.72. The summed E-state index contributed by atoms with van der Waals surface area (Å²) in [5.74, 6) is 0. The third-order valence-electron chi connectivity index (χ3n) is 3.01. The summed E-state index contributed by atoms with van der Waals surface area (Å²) in [7, 11) is -3.03. The van der Waals surface area contributed by atoms with E-state index in [-0.39, 0.29) is 10.7 Å². The van der Waals surface area contributed by atoms with Crippen molar-refractivity contribution in [3.63, 3.8) is 0 Å². The fraction of sp³-hybridized carbons (Fsp3) is 0.538. The molecule has 1 saturated carbocycles. The van der Waals surface area contributed by atoms with Crippen LogP contribution in [0.15, 0.2) is 29.2 Å². The van der Waals surface area contributed by atoms with Gasteiger partial charge in [-0.25, -0.2) is 8.42 Å². The zero-order chi connectivity index (χ0) is 12.0. The predicted molar refractivity (Wildman–Crippen MR) is 65.3 cm³/mol. The first-order chi connectivity index (χ1) is 7.32. The van der Waals surface area contributed by atoms with Crippen molar-refractivity contribution in [1.29, 1.82) is 0 Å². The molecule has 0 amide bonds. The normalized spacial score (nSPS) is 17.4. The smallest absolute Gasteiger partial charge is 0.181 e. The number of benzene rings is 1. The fourth-order valence-corrected chi connectivity index (χ4v) is 3.37. The molecule has 1 aromatic carbocycles. The first-order valence-electron chi connectivity index (χ1n) is 5.66. The molecule has 1 fully saturated rings. The van der Waals surface area contributed by atoms with Gasteiger partial charge in [-0.2, -0.15) is 0 Å². The molecule has 2 nitrogen and oxygen atoms in total. The van der Waals surface area contributed by atoms with Gasteiger partial charge in [0.1, 0.15) is 0 Å². The monoisotopic (exact) mass is 238 g/mol. The first kappa shape index (κ1) is 11.6. The van der Waals surface area contributed by atoms with Crippen LogP contribution in [0.4, 0.5) is 0 Å². The van der Waals surface area contributed by atoms with Gasteiger partial charge in [0.15, 0.2) is 9.84 Å². The molecule has 0 unspecified atom stereocenters. The summed E-state index contributed by atoms with van der Waals surface area (Å²) in [5, 5.41) is -0.118. The van der Waals surface area contributed by atoms with E-state index in [1.807, 2.05) is 12.1 Å². The van der Waals surface area contributed by atoms with Gasteiger partial charge in [0.05, 0.1) is 10.1 Å². The van der Waals surface area contributed by atoms with Crippen molar-refractivity contribution in [1.82, 2.24) is 0 Å². The predicted octanol–water partition coefficient (Wildman–Crippen LogP) is 2.92. The minimum Gasteiger partial charge on any atom is -0.223 e.